The van der Waals surface area contributed by atoms with E-state index in [4.69, 9.17) is 4.84 Å². The minimum Gasteiger partial charge on any atom is -0.294 e. The molecule has 0 aromatic rings. The largest absolute Gasteiger partial charge is 0.294 e. The Morgan fingerprint density at radius 1 is 1.75 bits per heavy atom. The third kappa shape index (κ3) is 1.45. The van der Waals surface area contributed by atoms with Crippen molar-refractivity contribution in [1.29, 1.82) is 0 Å². The smallest absolute Gasteiger partial charge is 0.0864 e. The van der Waals surface area contributed by atoms with Crippen LogP contribution in [0, 0.1) is 6.54 Å². The Morgan fingerprint density at radius 2 is 2.67 bits per heavy atom. The molecule has 1 aliphatic carbocycles. The maximum atomic E-state index is 5.47. The number of nitrogens with zero attached hydrogens (tertiary/aromatic N) is 1. The molecule has 0 saturated carbocycles. The normalized spacial score (nSPS) is 28.7. The molecule has 1 atom stereocenters. The van der Waals surface area contributed by atoms with Crippen molar-refractivity contribution in [2.75, 3.05) is 6.61 Å². The Kier molecular flexibility index (Phi) is 2.28. The standard InChI is InChI=1S/C10H14NO/c1-2-6-12-11-8-9-4-3-5-10(11)7-9/h2,7-8,10H,1,3-6H2. The van der Waals surface area contributed by atoms with E-state index >= 15 is 0 Å². The molecule has 2 heteroatoms. The van der Waals surface area contributed by atoms with Gasteiger partial charge in [0.2, 0.25) is 0 Å². The van der Waals surface area contributed by atoms with Crippen LogP contribution in [-0.2, 0) is 4.84 Å². The van der Waals surface area contributed by atoms with Gasteiger partial charge in [0.15, 0.2) is 0 Å². The maximum absolute atomic E-state index is 5.47. The van der Waals surface area contributed by atoms with Gasteiger partial charge in [0.25, 0.3) is 0 Å². The molecule has 65 valence electrons. The first-order valence-electron chi connectivity index (χ1n) is 4.48. The summed E-state index contributed by atoms with van der Waals surface area (Å²) in [5, 5.41) is 1.96. The van der Waals surface area contributed by atoms with Crippen LogP contribution >= 0.6 is 0 Å². The highest BCUT2D eigenvalue weighted by atomic mass is 16.7. The average Bonchev–Trinajstić information content (AvgIpc) is 2.38. The number of rotatable bonds is 3. The summed E-state index contributed by atoms with van der Waals surface area (Å²) in [7, 11) is 0. The Morgan fingerprint density at radius 3 is 3.42 bits per heavy atom. The molecule has 0 aromatic heterocycles. The van der Waals surface area contributed by atoms with Crippen molar-refractivity contribution in [3.63, 3.8) is 0 Å². The molecule has 2 rings (SSSR count). The molecule has 0 amide bonds. The topological polar surface area (TPSA) is 12.5 Å². The lowest BCUT2D eigenvalue weighted by atomic mass is 10.0. The third-order valence-corrected chi connectivity index (χ3v) is 2.33. The molecule has 0 spiro atoms. The van der Waals surface area contributed by atoms with Crippen LogP contribution in [0.2, 0.25) is 0 Å². The van der Waals surface area contributed by atoms with Gasteiger partial charge in [0, 0.05) is 0 Å². The van der Waals surface area contributed by atoms with Gasteiger partial charge in [-0.25, -0.2) is 0 Å². The number of hydroxylamine groups is 2. The monoisotopic (exact) mass is 164 g/mol. The van der Waals surface area contributed by atoms with Crippen LogP contribution in [0.25, 0.3) is 0 Å². The molecule has 1 aliphatic heterocycles. The zero-order valence-corrected chi connectivity index (χ0v) is 7.20. The van der Waals surface area contributed by atoms with Gasteiger partial charge in [-0.15, -0.1) is 6.58 Å². The molecule has 2 aliphatic rings. The maximum Gasteiger partial charge on any atom is 0.0864 e. The first-order valence-corrected chi connectivity index (χ1v) is 4.48. The van der Waals surface area contributed by atoms with Crippen LogP contribution in [0.1, 0.15) is 19.3 Å². The lowest BCUT2D eigenvalue weighted by molar-refractivity contribution is -0.133. The molecule has 12 heavy (non-hydrogen) atoms. The van der Waals surface area contributed by atoms with E-state index < -0.39 is 0 Å². The van der Waals surface area contributed by atoms with Crippen molar-refractivity contribution in [1.82, 2.24) is 5.06 Å². The van der Waals surface area contributed by atoms with Crippen molar-refractivity contribution in [2.24, 2.45) is 0 Å². The second-order valence-electron chi connectivity index (χ2n) is 3.27. The summed E-state index contributed by atoms with van der Waals surface area (Å²) in [6.07, 6.45) is 7.80. The average molecular weight is 164 g/mol. The van der Waals surface area contributed by atoms with Crippen LogP contribution in [0.5, 0.6) is 0 Å². The van der Waals surface area contributed by atoms with Crippen molar-refractivity contribution in [2.45, 2.75) is 25.3 Å². The molecule has 0 N–H and O–H groups in total. The van der Waals surface area contributed by atoms with E-state index in [0.717, 1.165) is 0 Å². The lowest BCUT2D eigenvalue weighted by Gasteiger charge is -2.21. The Labute approximate surface area is 73.5 Å². The Bertz CT molecular complexity index is 210. The zero-order chi connectivity index (χ0) is 8.39. The van der Waals surface area contributed by atoms with Crippen molar-refractivity contribution < 1.29 is 4.84 Å². The first kappa shape index (κ1) is 8.02. The molecule has 2 bridgehead atoms. The van der Waals surface area contributed by atoms with Gasteiger partial charge in [-0.1, -0.05) is 17.7 Å². The van der Waals surface area contributed by atoms with Gasteiger partial charge in [-0.2, -0.15) is 5.06 Å². The Hall–Kier alpha value is -0.600. The highest BCUT2D eigenvalue weighted by Crippen LogP contribution is 2.32. The van der Waals surface area contributed by atoms with E-state index in [1.165, 1.54) is 24.8 Å². The van der Waals surface area contributed by atoms with Crippen LogP contribution in [0.15, 0.2) is 24.3 Å². The van der Waals surface area contributed by atoms with Crippen molar-refractivity contribution >= 4 is 0 Å². The molecular weight excluding hydrogens is 150 g/mol. The van der Waals surface area contributed by atoms with Crippen LogP contribution < -0.4 is 0 Å². The van der Waals surface area contributed by atoms with Gasteiger partial charge in [0.05, 0.1) is 19.2 Å². The van der Waals surface area contributed by atoms with Gasteiger partial charge in [-0.05, 0) is 19.3 Å². The van der Waals surface area contributed by atoms with Gasteiger partial charge < -0.3 is 0 Å². The van der Waals surface area contributed by atoms with Gasteiger partial charge >= 0.3 is 0 Å². The van der Waals surface area contributed by atoms with Gasteiger partial charge in [-0.3, -0.25) is 4.84 Å². The molecular formula is C10H14NO. The first-order chi connectivity index (χ1) is 5.90. The predicted molar refractivity (Wildman–Crippen MR) is 48.0 cm³/mol. The predicted octanol–water partition coefficient (Wildman–Crippen LogP) is 2.06. The molecule has 0 aromatic carbocycles. The van der Waals surface area contributed by atoms with E-state index in [2.05, 4.69) is 19.2 Å². The summed E-state index contributed by atoms with van der Waals surface area (Å²) in [4.78, 5) is 5.47. The summed E-state index contributed by atoms with van der Waals surface area (Å²) in [6.45, 7) is 6.34. The van der Waals surface area contributed by atoms with E-state index in [1.54, 1.807) is 6.08 Å². The van der Waals surface area contributed by atoms with Crippen molar-refractivity contribution in [3.05, 3.63) is 30.8 Å². The molecule has 0 fully saturated rings. The lowest BCUT2D eigenvalue weighted by Crippen LogP contribution is -2.27. The summed E-state index contributed by atoms with van der Waals surface area (Å²) in [5.74, 6) is 0. The van der Waals surface area contributed by atoms with E-state index in [1.807, 2.05) is 5.06 Å². The number of hydrogen-bond donors (Lipinski definition) is 0. The fraction of sp³-hybridized carbons (Fsp3) is 0.500. The fourth-order valence-electron chi connectivity index (χ4n) is 1.77. The van der Waals surface area contributed by atoms with Crippen LogP contribution in [0.3, 0.4) is 0 Å². The van der Waals surface area contributed by atoms with E-state index in [-0.39, 0.29) is 0 Å². The summed E-state index contributed by atoms with van der Waals surface area (Å²) in [6, 6.07) is 0.494. The minimum atomic E-state index is 0.494. The molecule has 1 heterocycles. The second-order valence-corrected chi connectivity index (χ2v) is 3.27. The zero-order valence-electron chi connectivity index (χ0n) is 7.20. The summed E-state index contributed by atoms with van der Waals surface area (Å²) < 4.78 is 0. The summed E-state index contributed by atoms with van der Waals surface area (Å²) in [5.41, 5.74) is 1.43. The fourth-order valence-corrected chi connectivity index (χ4v) is 1.77. The molecule has 1 unspecified atom stereocenters. The summed E-state index contributed by atoms with van der Waals surface area (Å²) >= 11 is 0. The van der Waals surface area contributed by atoms with Crippen molar-refractivity contribution in [3.8, 4) is 0 Å². The molecule has 2 nitrogen and oxygen atoms in total. The minimum absolute atomic E-state index is 0.494. The Balaban J connectivity index is 1.91. The number of fused-ring (bicyclic) bond motifs is 1. The van der Waals surface area contributed by atoms with Crippen LogP contribution in [0.4, 0.5) is 0 Å². The second kappa shape index (κ2) is 3.42. The van der Waals surface area contributed by atoms with E-state index in [0.29, 0.717) is 12.6 Å². The SMILES string of the molecule is C=CCON1[CH]C2=CC1CCC2. The third-order valence-electron chi connectivity index (χ3n) is 2.33. The van der Waals surface area contributed by atoms with Gasteiger partial charge in [0.1, 0.15) is 0 Å². The highest BCUT2D eigenvalue weighted by molar-refractivity contribution is 5.24. The highest BCUT2D eigenvalue weighted by Gasteiger charge is 2.28. The molecule has 1 radical (unpaired) electrons. The van der Waals surface area contributed by atoms with E-state index in [9.17, 15) is 0 Å². The quantitative estimate of drug-likeness (QED) is 0.592. The molecule has 0 saturated heterocycles. The van der Waals surface area contributed by atoms with Crippen LogP contribution in [-0.4, -0.2) is 17.7 Å². The number of hydrogen-bond acceptors (Lipinski definition) is 2.